The molecule has 4 nitrogen and oxygen atoms in total. The van der Waals surface area contributed by atoms with Gasteiger partial charge in [0.25, 0.3) is 0 Å². The van der Waals surface area contributed by atoms with Crippen molar-refractivity contribution in [2.24, 2.45) is 0 Å². The lowest BCUT2D eigenvalue weighted by Gasteiger charge is -2.38. The molecule has 0 spiro atoms. The van der Waals surface area contributed by atoms with E-state index in [9.17, 15) is 4.79 Å². The Morgan fingerprint density at radius 2 is 2.22 bits per heavy atom. The van der Waals surface area contributed by atoms with Gasteiger partial charge in [-0.2, -0.15) is 0 Å². The highest BCUT2D eigenvalue weighted by Gasteiger charge is 2.25. The van der Waals surface area contributed by atoms with Crippen LogP contribution in [0.1, 0.15) is 6.92 Å². The van der Waals surface area contributed by atoms with Crippen LogP contribution < -0.4 is 5.32 Å². The zero-order valence-electron chi connectivity index (χ0n) is 10.7. The van der Waals surface area contributed by atoms with Crippen LogP contribution in [0.5, 0.6) is 0 Å². The van der Waals surface area contributed by atoms with Crippen molar-refractivity contribution in [3.05, 3.63) is 29.3 Å². The van der Waals surface area contributed by atoms with E-state index in [1.165, 1.54) is 0 Å². The van der Waals surface area contributed by atoms with Gasteiger partial charge < -0.3 is 15.1 Å². The van der Waals surface area contributed by atoms with Gasteiger partial charge in [-0.25, -0.2) is 4.79 Å². The van der Waals surface area contributed by atoms with Crippen LogP contribution in [0.15, 0.2) is 24.3 Å². The van der Waals surface area contributed by atoms with Crippen molar-refractivity contribution in [1.29, 1.82) is 0 Å². The molecule has 2 rings (SSSR count). The molecule has 18 heavy (non-hydrogen) atoms. The van der Waals surface area contributed by atoms with E-state index in [-0.39, 0.29) is 12.1 Å². The molecule has 1 unspecified atom stereocenters. The first-order valence-corrected chi connectivity index (χ1v) is 6.46. The van der Waals surface area contributed by atoms with Gasteiger partial charge in [0.2, 0.25) is 0 Å². The van der Waals surface area contributed by atoms with Gasteiger partial charge in [0.15, 0.2) is 0 Å². The predicted molar refractivity (Wildman–Crippen MR) is 74.1 cm³/mol. The van der Waals surface area contributed by atoms with E-state index in [1.54, 1.807) is 12.1 Å². The number of halogens is 1. The number of urea groups is 1. The lowest BCUT2D eigenvalue weighted by molar-refractivity contribution is 0.125. The standard InChI is InChI=1S/C13H18ClN3O/c1-10-9-16(2)6-7-17(10)13(18)15-12-5-3-4-11(14)8-12/h3-5,8,10H,6-7,9H2,1-2H3,(H,15,18). The average Bonchev–Trinajstić information content (AvgIpc) is 2.28. The maximum absolute atomic E-state index is 12.1. The highest BCUT2D eigenvalue weighted by Crippen LogP contribution is 2.16. The smallest absolute Gasteiger partial charge is 0.319 e. The number of piperazine rings is 1. The summed E-state index contributed by atoms with van der Waals surface area (Å²) in [6, 6.07) is 7.37. The molecule has 1 fully saturated rings. The summed E-state index contributed by atoms with van der Waals surface area (Å²) >= 11 is 5.89. The van der Waals surface area contributed by atoms with Gasteiger partial charge in [-0.1, -0.05) is 17.7 Å². The number of likely N-dealkylation sites (N-methyl/N-ethyl adjacent to an activating group) is 1. The van der Waals surface area contributed by atoms with E-state index >= 15 is 0 Å². The van der Waals surface area contributed by atoms with Gasteiger partial charge in [-0.05, 0) is 32.2 Å². The second-order valence-corrected chi connectivity index (χ2v) is 5.18. The number of rotatable bonds is 1. The second kappa shape index (κ2) is 5.59. The lowest BCUT2D eigenvalue weighted by atomic mass is 10.2. The third kappa shape index (κ3) is 3.15. The molecule has 2 amide bonds. The molecule has 1 aliphatic heterocycles. The summed E-state index contributed by atoms with van der Waals surface area (Å²) in [4.78, 5) is 16.2. The molecule has 1 N–H and O–H groups in total. The Morgan fingerprint density at radius 1 is 1.44 bits per heavy atom. The fourth-order valence-corrected chi connectivity index (χ4v) is 2.39. The summed E-state index contributed by atoms with van der Waals surface area (Å²) in [6.07, 6.45) is 0. The molecule has 0 radical (unpaired) electrons. The molecule has 0 aliphatic carbocycles. The highest BCUT2D eigenvalue weighted by atomic mass is 35.5. The van der Waals surface area contributed by atoms with Crippen molar-refractivity contribution < 1.29 is 4.79 Å². The Bertz CT molecular complexity index is 438. The number of nitrogens with zero attached hydrogens (tertiary/aromatic N) is 2. The normalized spacial score (nSPS) is 20.8. The van der Waals surface area contributed by atoms with Crippen LogP contribution in [0.25, 0.3) is 0 Å². The molecule has 5 heteroatoms. The first-order valence-electron chi connectivity index (χ1n) is 6.08. The molecule has 98 valence electrons. The van der Waals surface area contributed by atoms with E-state index in [2.05, 4.69) is 24.2 Å². The van der Waals surface area contributed by atoms with Crippen LogP contribution in [0.3, 0.4) is 0 Å². The van der Waals surface area contributed by atoms with Gasteiger partial charge in [0.05, 0.1) is 0 Å². The number of carbonyl (C=O) groups is 1. The van der Waals surface area contributed by atoms with Gasteiger partial charge >= 0.3 is 6.03 Å². The van der Waals surface area contributed by atoms with E-state index < -0.39 is 0 Å². The minimum Gasteiger partial charge on any atom is -0.319 e. The van der Waals surface area contributed by atoms with Crippen molar-refractivity contribution in [3.63, 3.8) is 0 Å². The average molecular weight is 268 g/mol. The first-order chi connectivity index (χ1) is 8.56. The monoisotopic (exact) mass is 267 g/mol. The number of anilines is 1. The summed E-state index contributed by atoms with van der Waals surface area (Å²) in [7, 11) is 2.07. The van der Waals surface area contributed by atoms with Crippen LogP contribution in [-0.2, 0) is 0 Å². The van der Waals surface area contributed by atoms with Crippen molar-refractivity contribution in [2.45, 2.75) is 13.0 Å². The van der Waals surface area contributed by atoms with Crippen molar-refractivity contribution >= 4 is 23.3 Å². The van der Waals surface area contributed by atoms with Crippen LogP contribution >= 0.6 is 11.6 Å². The van der Waals surface area contributed by atoms with E-state index in [1.807, 2.05) is 17.0 Å². The fourth-order valence-electron chi connectivity index (χ4n) is 2.20. The molecular formula is C13H18ClN3O. The maximum Gasteiger partial charge on any atom is 0.322 e. The molecule has 1 heterocycles. The number of hydrogen-bond acceptors (Lipinski definition) is 2. The minimum atomic E-state index is -0.0575. The fraction of sp³-hybridized carbons (Fsp3) is 0.462. The molecule has 1 atom stereocenters. The molecule has 1 saturated heterocycles. The van der Waals surface area contributed by atoms with Gasteiger partial charge in [0.1, 0.15) is 0 Å². The molecule has 1 aromatic carbocycles. The van der Waals surface area contributed by atoms with E-state index in [4.69, 9.17) is 11.6 Å². The zero-order chi connectivity index (χ0) is 13.1. The number of carbonyl (C=O) groups excluding carboxylic acids is 1. The van der Waals surface area contributed by atoms with Crippen LogP contribution in [0, 0.1) is 0 Å². The Hall–Kier alpha value is -1.26. The van der Waals surface area contributed by atoms with Crippen LogP contribution in [0.2, 0.25) is 5.02 Å². The summed E-state index contributed by atoms with van der Waals surface area (Å²) in [5.74, 6) is 0. The largest absolute Gasteiger partial charge is 0.322 e. The highest BCUT2D eigenvalue weighted by molar-refractivity contribution is 6.30. The molecule has 1 aromatic rings. The summed E-state index contributed by atoms with van der Waals surface area (Å²) < 4.78 is 0. The molecule has 0 aromatic heterocycles. The SMILES string of the molecule is CC1CN(C)CCN1C(=O)Nc1cccc(Cl)c1. The predicted octanol–water partition coefficient (Wildman–Crippen LogP) is 2.51. The van der Waals surface area contributed by atoms with E-state index in [0.29, 0.717) is 5.02 Å². The van der Waals surface area contributed by atoms with Crippen molar-refractivity contribution in [3.8, 4) is 0 Å². The summed E-state index contributed by atoms with van der Waals surface area (Å²) in [5.41, 5.74) is 0.735. The summed E-state index contributed by atoms with van der Waals surface area (Å²) in [5, 5.41) is 3.51. The third-order valence-electron chi connectivity index (χ3n) is 3.17. The van der Waals surface area contributed by atoms with Crippen LogP contribution in [0.4, 0.5) is 10.5 Å². The van der Waals surface area contributed by atoms with Gasteiger partial charge in [0, 0.05) is 36.4 Å². The quantitative estimate of drug-likeness (QED) is 0.849. The summed E-state index contributed by atoms with van der Waals surface area (Å²) in [6.45, 7) is 4.63. The molecule has 1 aliphatic rings. The zero-order valence-corrected chi connectivity index (χ0v) is 11.4. The van der Waals surface area contributed by atoms with Gasteiger partial charge in [-0.3, -0.25) is 0 Å². The second-order valence-electron chi connectivity index (χ2n) is 4.75. The Labute approximate surface area is 113 Å². The van der Waals surface area contributed by atoms with Crippen molar-refractivity contribution in [2.75, 3.05) is 32.0 Å². The Kier molecular flexibility index (Phi) is 4.09. The van der Waals surface area contributed by atoms with Crippen LogP contribution in [-0.4, -0.2) is 48.6 Å². The van der Waals surface area contributed by atoms with Gasteiger partial charge in [-0.15, -0.1) is 0 Å². The third-order valence-corrected chi connectivity index (χ3v) is 3.40. The Balaban J connectivity index is 1.99. The lowest BCUT2D eigenvalue weighted by Crippen LogP contribution is -2.53. The minimum absolute atomic E-state index is 0.0575. The van der Waals surface area contributed by atoms with E-state index in [0.717, 1.165) is 25.3 Å². The number of benzene rings is 1. The number of hydrogen-bond donors (Lipinski definition) is 1. The van der Waals surface area contributed by atoms with Crippen molar-refractivity contribution in [1.82, 2.24) is 9.80 Å². The molecule has 0 saturated carbocycles. The molecular weight excluding hydrogens is 250 g/mol. The number of nitrogens with one attached hydrogen (secondary N) is 1. The number of amides is 2. The molecule has 0 bridgehead atoms. The first kappa shape index (κ1) is 13.2. The maximum atomic E-state index is 12.1. The topological polar surface area (TPSA) is 35.6 Å². The Morgan fingerprint density at radius 3 is 2.89 bits per heavy atom.